The van der Waals surface area contributed by atoms with E-state index in [0.29, 0.717) is 5.13 Å². The Hall–Kier alpha value is -1.71. The van der Waals surface area contributed by atoms with Crippen LogP contribution in [0.4, 0.5) is 5.13 Å². The van der Waals surface area contributed by atoms with Gasteiger partial charge in [-0.3, -0.25) is 4.79 Å². The molecule has 0 radical (unpaired) electrons. The molecule has 0 saturated heterocycles. The average Bonchev–Trinajstić information content (AvgIpc) is 2.80. The number of aromatic nitrogens is 1. The number of rotatable bonds is 3. The molecule has 2 rings (SSSR count). The van der Waals surface area contributed by atoms with E-state index in [1.807, 2.05) is 37.3 Å². The van der Waals surface area contributed by atoms with Gasteiger partial charge in [-0.15, -0.1) is 11.3 Å². The lowest BCUT2D eigenvalue weighted by Crippen LogP contribution is -2.29. The van der Waals surface area contributed by atoms with Gasteiger partial charge in [-0.05, 0) is 32.9 Å². The lowest BCUT2D eigenvalue weighted by Gasteiger charge is -2.12. The second-order valence-corrected chi connectivity index (χ2v) is 7.24. The first-order valence-electron chi connectivity index (χ1n) is 6.29. The number of anilines is 1. The van der Waals surface area contributed by atoms with Crippen molar-refractivity contribution in [2.24, 2.45) is 5.41 Å². The van der Waals surface area contributed by atoms with Crippen LogP contribution in [0.1, 0.15) is 18.7 Å². The highest BCUT2D eigenvalue weighted by molar-refractivity contribution is 9.10. The maximum Gasteiger partial charge on any atom is 0.246 e. The molecule has 6 heteroatoms. The van der Waals surface area contributed by atoms with Crippen molar-refractivity contribution in [1.29, 1.82) is 5.26 Å². The van der Waals surface area contributed by atoms with E-state index in [4.69, 9.17) is 5.26 Å². The van der Waals surface area contributed by atoms with Gasteiger partial charge in [0.15, 0.2) is 5.13 Å². The van der Waals surface area contributed by atoms with Gasteiger partial charge in [-0.2, -0.15) is 5.26 Å². The molecule has 1 N–H and O–H groups in total. The van der Waals surface area contributed by atoms with E-state index in [1.165, 1.54) is 11.3 Å². The fourth-order valence-electron chi connectivity index (χ4n) is 1.63. The molecule has 0 aliphatic heterocycles. The van der Waals surface area contributed by atoms with Gasteiger partial charge in [0.05, 0.1) is 11.8 Å². The lowest BCUT2D eigenvalue weighted by molar-refractivity contribution is -0.121. The van der Waals surface area contributed by atoms with Gasteiger partial charge in [0, 0.05) is 14.9 Å². The third kappa shape index (κ3) is 3.49. The number of carbonyl (C=O) groups excluding carboxylic acids is 1. The number of thiazole rings is 1. The third-order valence-corrected chi connectivity index (χ3v) is 4.40. The SMILES string of the molecule is Cc1sc(NC(=O)C(C)(C)C#N)nc1-c1ccc(Br)cc1. The molecule has 0 saturated carbocycles. The van der Waals surface area contributed by atoms with Crippen molar-refractivity contribution >= 4 is 38.3 Å². The zero-order valence-corrected chi connectivity index (χ0v) is 14.3. The van der Waals surface area contributed by atoms with E-state index in [0.717, 1.165) is 20.6 Å². The summed E-state index contributed by atoms with van der Waals surface area (Å²) in [7, 11) is 0. The number of nitrogens with zero attached hydrogens (tertiary/aromatic N) is 2. The Labute approximate surface area is 136 Å². The molecule has 21 heavy (non-hydrogen) atoms. The van der Waals surface area contributed by atoms with Crippen LogP contribution in [-0.4, -0.2) is 10.9 Å². The summed E-state index contributed by atoms with van der Waals surface area (Å²) >= 11 is 4.80. The summed E-state index contributed by atoms with van der Waals surface area (Å²) in [5.74, 6) is -0.346. The number of amides is 1. The Bertz CT molecular complexity index is 714. The van der Waals surface area contributed by atoms with E-state index >= 15 is 0 Å². The van der Waals surface area contributed by atoms with Gasteiger partial charge in [0.2, 0.25) is 5.91 Å². The lowest BCUT2D eigenvalue weighted by atomic mass is 9.95. The zero-order valence-electron chi connectivity index (χ0n) is 11.9. The number of carbonyl (C=O) groups is 1. The number of benzene rings is 1. The molecule has 1 heterocycles. The number of hydrogen-bond donors (Lipinski definition) is 1. The van der Waals surface area contributed by atoms with Gasteiger partial charge < -0.3 is 5.32 Å². The van der Waals surface area contributed by atoms with Crippen LogP contribution in [0.5, 0.6) is 0 Å². The summed E-state index contributed by atoms with van der Waals surface area (Å²) in [6, 6.07) is 9.82. The monoisotopic (exact) mass is 363 g/mol. The van der Waals surface area contributed by atoms with Gasteiger partial charge in [0.25, 0.3) is 0 Å². The van der Waals surface area contributed by atoms with E-state index in [9.17, 15) is 4.79 Å². The maximum atomic E-state index is 12.0. The molecular weight excluding hydrogens is 350 g/mol. The highest BCUT2D eigenvalue weighted by atomic mass is 79.9. The van der Waals surface area contributed by atoms with E-state index in [-0.39, 0.29) is 5.91 Å². The van der Waals surface area contributed by atoms with Crippen LogP contribution in [0.2, 0.25) is 0 Å². The van der Waals surface area contributed by atoms with Crippen molar-refractivity contribution in [3.63, 3.8) is 0 Å². The first kappa shape index (κ1) is 15.7. The zero-order chi connectivity index (χ0) is 15.6. The van der Waals surface area contributed by atoms with Crippen LogP contribution in [0.25, 0.3) is 11.3 Å². The van der Waals surface area contributed by atoms with Gasteiger partial charge in [0.1, 0.15) is 5.41 Å². The minimum absolute atomic E-state index is 0.346. The van der Waals surface area contributed by atoms with E-state index in [2.05, 4.69) is 26.2 Å². The van der Waals surface area contributed by atoms with Crippen molar-refractivity contribution in [1.82, 2.24) is 4.98 Å². The first-order chi connectivity index (χ1) is 9.83. The molecule has 1 aromatic carbocycles. The highest BCUT2D eigenvalue weighted by Gasteiger charge is 2.28. The second-order valence-electron chi connectivity index (χ2n) is 5.12. The first-order valence-corrected chi connectivity index (χ1v) is 7.90. The molecular formula is C15H14BrN3OS. The summed E-state index contributed by atoms with van der Waals surface area (Å²) in [5.41, 5.74) is 0.765. The summed E-state index contributed by atoms with van der Waals surface area (Å²) in [4.78, 5) is 17.5. The van der Waals surface area contributed by atoms with E-state index in [1.54, 1.807) is 13.8 Å². The molecule has 0 aliphatic carbocycles. The number of aryl methyl sites for hydroxylation is 1. The predicted molar refractivity (Wildman–Crippen MR) is 88.0 cm³/mol. The maximum absolute atomic E-state index is 12.0. The molecule has 2 aromatic rings. The molecule has 0 aliphatic rings. The molecule has 1 amide bonds. The van der Waals surface area contributed by atoms with Crippen molar-refractivity contribution in [2.45, 2.75) is 20.8 Å². The molecule has 0 bridgehead atoms. The Morgan fingerprint density at radius 1 is 1.38 bits per heavy atom. The second kappa shape index (κ2) is 5.96. The molecule has 0 atom stereocenters. The van der Waals surface area contributed by atoms with Gasteiger partial charge >= 0.3 is 0 Å². The molecule has 1 aromatic heterocycles. The topological polar surface area (TPSA) is 65.8 Å². The Morgan fingerprint density at radius 2 is 2.00 bits per heavy atom. The van der Waals surface area contributed by atoms with Gasteiger partial charge in [-0.25, -0.2) is 4.98 Å². The summed E-state index contributed by atoms with van der Waals surface area (Å²) in [5, 5.41) is 12.2. The standard InChI is InChI=1S/C15H14BrN3OS/c1-9-12(10-4-6-11(16)7-5-10)18-14(21-9)19-13(20)15(2,3)8-17/h4-7H,1-3H3,(H,18,19,20). The van der Waals surface area contributed by atoms with Crippen LogP contribution >= 0.6 is 27.3 Å². The fourth-order valence-corrected chi connectivity index (χ4v) is 2.72. The van der Waals surface area contributed by atoms with E-state index < -0.39 is 5.41 Å². The van der Waals surface area contributed by atoms with Crippen molar-refractivity contribution < 1.29 is 4.79 Å². The smallest absolute Gasteiger partial charge is 0.246 e. The molecule has 4 nitrogen and oxygen atoms in total. The Morgan fingerprint density at radius 3 is 2.57 bits per heavy atom. The predicted octanol–water partition coefficient (Wildman–Crippen LogP) is 4.37. The van der Waals surface area contributed by atoms with Crippen LogP contribution in [0.3, 0.4) is 0 Å². The average molecular weight is 364 g/mol. The number of nitrogens with one attached hydrogen (secondary N) is 1. The van der Waals surface area contributed by atoms with Crippen molar-refractivity contribution in [3.05, 3.63) is 33.6 Å². The van der Waals surface area contributed by atoms with Crippen molar-refractivity contribution in [2.75, 3.05) is 5.32 Å². The summed E-state index contributed by atoms with van der Waals surface area (Å²) in [6.07, 6.45) is 0. The highest BCUT2D eigenvalue weighted by Crippen LogP contribution is 2.31. The summed E-state index contributed by atoms with van der Waals surface area (Å²) in [6.45, 7) is 5.12. The molecule has 0 spiro atoms. The Kier molecular flexibility index (Phi) is 4.45. The number of halogens is 1. The molecule has 0 unspecified atom stereocenters. The summed E-state index contributed by atoms with van der Waals surface area (Å²) < 4.78 is 1.00. The normalized spacial score (nSPS) is 11.0. The molecule has 0 fully saturated rings. The number of hydrogen-bond acceptors (Lipinski definition) is 4. The third-order valence-electron chi connectivity index (χ3n) is 2.98. The van der Waals surface area contributed by atoms with Crippen LogP contribution in [-0.2, 0) is 4.79 Å². The van der Waals surface area contributed by atoms with Crippen LogP contribution in [0, 0.1) is 23.7 Å². The largest absolute Gasteiger partial charge is 0.301 e. The minimum Gasteiger partial charge on any atom is -0.301 e. The fraction of sp³-hybridized carbons (Fsp3) is 0.267. The van der Waals surface area contributed by atoms with Crippen molar-refractivity contribution in [3.8, 4) is 17.3 Å². The van der Waals surface area contributed by atoms with Crippen LogP contribution in [0.15, 0.2) is 28.7 Å². The van der Waals surface area contributed by atoms with Gasteiger partial charge in [-0.1, -0.05) is 28.1 Å². The quantitative estimate of drug-likeness (QED) is 0.880. The number of nitriles is 1. The molecule has 108 valence electrons. The minimum atomic E-state index is -1.07. The Balaban J connectivity index is 2.26. The van der Waals surface area contributed by atoms with Crippen LogP contribution < -0.4 is 5.32 Å².